The number of imidazole rings is 1. The Hall–Kier alpha value is -3.82. The van der Waals surface area contributed by atoms with Crippen molar-refractivity contribution in [2.24, 2.45) is 0 Å². The topological polar surface area (TPSA) is 85.1 Å². The van der Waals surface area contributed by atoms with Crippen LogP contribution in [-0.4, -0.2) is 30.5 Å². The van der Waals surface area contributed by atoms with Crippen molar-refractivity contribution in [2.45, 2.75) is 13.1 Å². The monoisotopic (exact) mass is 398 g/mol. The molecule has 0 spiro atoms. The number of anilines is 1. The van der Waals surface area contributed by atoms with Crippen molar-refractivity contribution >= 4 is 17.4 Å². The van der Waals surface area contributed by atoms with Gasteiger partial charge in [-0.05, 0) is 24.6 Å². The lowest BCUT2D eigenvalue weighted by molar-refractivity contribution is -0.137. The van der Waals surface area contributed by atoms with Gasteiger partial charge in [-0.2, -0.15) is 22.8 Å². The van der Waals surface area contributed by atoms with Crippen molar-refractivity contribution in [3.05, 3.63) is 71.9 Å². The highest BCUT2D eigenvalue weighted by Crippen LogP contribution is 2.36. The number of hydrogen-bond donors (Lipinski definition) is 1. The van der Waals surface area contributed by atoms with Gasteiger partial charge in [0, 0.05) is 18.0 Å². The highest BCUT2D eigenvalue weighted by molar-refractivity contribution is 6.02. The van der Waals surface area contributed by atoms with Gasteiger partial charge in [-0.1, -0.05) is 18.2 Å². The third kappa shape index (κ3) is 3.51. The van der Waals surface area contributed by atoms with Crippen molar-refractivity contribution in [3.63, 3.8) is 0 Å². The highest BCUT2D eigenvalue weighted by Gasteiger charge is 2.34. The van der Waals surface area contributed by atoms with E-state index in [2.05, 4.69) is 25.4 Å². The molecule has 0 saturated carbocycles. The predicted octanol–water partition coefficient (Wildman–Crippen LogP) is 3.77. The average molecular weight is 398 g/mol. The Balaban J connectivity index is 1.80. The van der Waals surface area contributed by atoms with Gasteiger partial charge >= 0.3 is 6.18 Å². The van der Waals surface area contributed by atoms with Crippen LogP contribution in [0.25, 0.3) is 16.9 Å². The summed E-state index contributed by atoms with van der Waals surface area (Å²) in [5.74, 6) is -0.342. The summed E-state index contributed by atoms with van der Waals surface area (Å²) in [5.41, 5.74) is 0.342. The predicted molar refractivity (Wildman–Crippen MR) is 98.1 cm³/mol. The number of aromatic nitrogens is 5. The fraction of sp³-hybridized carbons (Fsp3) is 0.105. The van der Waals surface area contributed by atoms with E-state index in [1.807, 2.05) is 0 Å². The number of nitrogens with zero attached hydrogens (tertiary/aromatic N) is 5. The quantitative estimate of drug-likeness (QED) is 0.568. The second-order valence-corrected chi connectivity index (χ2v) is 6.18. The second-order valence-electron chi connectivity index (χ2n) is 6.18. The summed E-state index contributed by atoms with van der Waals surface area (Å²) in [5, 5.41) is 6.90. The summed E-state index contributed by atoms with van der Waals surface area (Å²) >= 11 is 0. The Bertz CT molecular complexity index is 1200. The zero-order chi connectivity index (χ0) is 20.6. The molecular formula is C19H13F3N6O. The van der Waals surface area contributed by atoms with Gasteiger partial charge in [-0.3, -0.25) is 9.78 Å². The van der Waals surface area contributed by atoms with Crippen LogP contribution in [0.1, 0.15) is 21.6 Å². The molecule has 0 aliphatic rings. The lowest BCUT2D eigenvalue weighted by atomic mass is 10.0. The number of carbonyl (C=O) groups excluding carboxylic acids is 1. The summed E-state index contributed by atoms with van der Waals surface area (Å²) < 4.78 is 41.5. The molecular weight excluding hydrogens is 385 g/mol. The molecule has 146 valence electrons. The molecule has 3 aromatic heterocycles. The third-order valence-electron chi connectivity index (χ3n) is 4.20. The maximum atomic E-state index is 13.4. The number of fused-ring (bicyclic) bond motifs is 1. The van der Waals surface area contributed by atoms with E-state index in [1.165, 1.54) is 53.6 Å². The van der Waals surface area contributed by atoms with Gasteiger partial charge in [0.1, 0.15) is 5.69 Å². The van der Waals surface area contributed by atoms with Crippen LogP contribution < -0.4 is 5.32 Å². The van der Waals surface area contributed by atoms with Gasteiger partial charge in [-0.25, -0.2) is 9.97 Å². The standard InChI is InChI=1S/C19H13F3N6O/c1-11-8-14(12-4-2-3-5-13(12)19(20,21)22)27-28-16(10-25-17(11)28)26-18(29)15-9-23-6-7-24-15/h2-10H,1H3,(H,26,29). The molecule has 4 rings (SSSR count). The molecule has 0 saturated heterocycles. The Labute approximate surface area is 162 Å². The summed E-state index contributed by atoms with van der Waals surface area (Å²) in [4.78, 5) is 24.3. The summed E-state index contributed by atoms with van der Waals surface area (Å²) in [6.07, 6.45) is 0.947. The normalized spacial score (nSPS) is 11.6. The lowest BCUT2D eigenvalue weighted by Gasteiger charge is -2.13. The molecule has 0 atom stereocenters. The van der Waals surface area contributed by atoms with E-state index in [0.717, 1.165) is 6.07 Å². The molecule has 7 nitrogen and oxygen atoms in total. The average Bonchev–Trinajstić information content (AvgIpc) is 3.11. The van der Waals surface area contributed by atoms with Gasteiger partial charge in [0.25, 0.3) is 5.91 Å². The van der Waals surface area contributed by atoms with Gasteiger partial charge in [0.05, 0.1) is 23.7 Å². The number of carbonyl (C=O) groups is 1. The molecule has 0 unspecified atom stereocenters. The number of aryl methyl sites for hydroxylation is 1. The summed E-state index contributed by atoms with van der Waals surface area (Å²) in [6, 6.07) is 6.71. The lowest BCUT2D eigenvalue weighted by Crippen LogP contribution is -2.16. The van der Waals surface area contributed by atoms with E-state index >= 15 is 0 Å². The van der Waals surface area contributed by atoms with Crippen LogP contribution in [0.15, 0.2) is 55.1 Å². The zero-order valence-corrected chi connectivity index (χ0v) is 15.0. The largest absolute Gasteiger partial charge is 0.417 e. The highest BCUT2D eigenvalue weighted by atomic mass is 19.4. The first kappa shape index (κ1) is 18.5. The SMILES string of the molecule is Cc1cc(-c2ccccc2C(F)(F)F)nn2c(NC(=O)c3cnccn3)cnc12. The first-order valence-corrected chi connectivity index (χ1v) is 8.44. The summed E-state index contributed by atoms with van der Waals surface area (Å²) in [7, 11) is 0. The molecule has 1 N–H and O–H groups in total. The molecule has 29 heavy (non-hydrogen) atoms. The van der Waals surface area contributed by atoms with Crippen LogP contribution >= 0.6 is 0 Å². The smallest absolute Gasteiger partial charge is 0.304 e. The maximum absolute atomic E-state index is 13.4. The third-order valence-corrected chi connectivity index (χ3v) is 4.20. The minimum atomic E-state index is -4.53. The van der Waals surface area contributed by atoms with Crippen LogP contribution in [-0.2, 0) is 6.18 Å². The number of rotatable bonds is 3. The molecule has 0 bridgehead atoms. The van der Waals surface area contributed by atoms with Crippen LogP contribution in [0.2, 0.25) is 0 Å². The number of amides is 1. The van der Waals surface area contributed by atoms with E-state index in [4.69, 9.17) is 0 Å². The van der Waals surface area contributed by atoms with E-state index in [1.54, 1.807) is 6.92 Å². The molecule has 10 heteroatoms. The van der Waals surface area contributed by atoms with Crippen molar-refractivity contribution in [3.8, 4) is 11.3 Å². The first-order valence-electron chi connectivity index (χ1n) is 8.44. The number of benzene rings is 1. The molecule has 3 heterocycles. The maximum Gasteiger partial charge on any atom is 0.417 e. The Morgan fingerprint density at radius 3 is 2.62 bits per heavy atom. The Morgan fingerprint density at radius 2 is 1.90 bits per heavy atom. The second kappa shape index (κ2) is 6.97. The fourth-order valence-electron chi connectivity index (χ4n) is 2.89. The van der Waals surface area contributed by atoms with E-state index in [0.29, 0.717) is 11.2 Å². The molecule has 0 radical (unpaired) electrons. The van der Waals surface area contributed by atoms with E-state index < -0.39 is 17.6 Å². The van der Waals surface area contributed by atoms with Gasteiger partial charge in [-0.15, -0.1) is 0 Å². The van der Waals surface area contributed by atoms with Crippen molar-refractivity contribution in [2.75, 3.05) is 5.32 Å². The molecule has 0 fully saturated rings. The van der Waals surface area contributed by atoms with E-state index in [-0.39, 0.29) is 22.8 Å². The van der Waals surface area contributed by atoms with Gasteiger partial charge in [0.15, 0.2) is 11.5 Å². The molecule has 0 aliphatic carbocycles. The molecule has 4 aromatic rings. The summed E-state index contributed by atoms with van der Waals surface area (Å²) in [6.45, 7) is 1.71. The van der Waals surface area contributed by atoms with Crippen LogP contribution in [0.3, 0.4) is 0 Å². The zero-order valence-electron chi connectivity index (χ0n) is 15.0. The van der Waals surface area contributed by atoms with Crippen molar-refractivity contribution in [1.82, 2.24) is 24.6 Å². The number of halogens is 3. The van der Waals surface area contributed by atoms with Crippen molar-refractivity contribution < 1.29 is 18.0 Å². The number of hydrogen-bond acceptors (Lipinski definition) is 5. The van der Waals surface area contributed by atoms with Gasteiger partial charge in [0.2, 0.25) is 0 Å². The van der Waals surface area contributed by atoms with E-state index in [9.17, 15) is 18.0 Å². The van der Waals surface area contributed by atoms with Crippen molar-refractivity contribution in [1.29, 1.82) is 0 Å². The van der Waals surface area contributed by atoms with Gasteiger partial charge < -0.3 is 5.32 Å². The molecule has 1 amide bonds. The Morgan fingerprint density at radius 1 is 1.10 bits per heavy atom. The fourth-order valence-corrected chi connectivity index (χ4v) is 2.89. The minimum absolute atomic E-state index is 0.0649. The minimum Gasteiger partial charge on any atom is -0.304 e. The Kier molecular flexibility index (Phi) is 4.45. The molecule has 1 aromatic carbocycles. The van der Waals surface area contributed by atoms with Crippen LogP contribution in [0.4, 0.5) is 19.0 Å². The van der Waals surface area contributed by atoms with Crippen LogP contribution in [0.5, 0.6) is 0 Å². The number of nitrogens with one attached hydrogen (secondary N) is 1. The molecule has 0 aliphatic heterocycles. The van der Waals surface area contributed by atoms with Crippen LogP contribution in [0, 0.1) is 6.92 Å². The number of alkyl halides is 3. The first-order chi connectivity index (χ1) is 13.8.